The molecule has 0 aliphatic rings. The monoisotopic (exact) mass is 286 g/mol. The van der Waals surface area contributed by atoms with Crippen LogP contribution in [0, 0.1) is 0 Å². The van der Waals surface area contributed by atoms with Gasteiger partial charge in [-0.15, -0.1) is 0 Å². The van der Waals surface area contributed by atoms with Crippen molar-refractivity contribution in [3.05, 3.63) is 0 Å². The van der Waals surface area contributed by atoms with Crippen LogP contribution in [0.15, 0.2) is 0 Å². The highest BCUT2D eigenvalue weighted by Crippen LogP contribution is 2.03. The zero-order valence-electron chi connectivity index (χ0n) is 9.35. The third-order valence-corrected chi connectivity index (χ3v) is 2.32. The molecule has 0 spiro atoms. The predicted octanol–water partition coefficient (Wildman–Crippen LogP) is -2.52. The third-order valence-electron chi connectivity index (χ3n) is 1.77. The van der Waals surface area contributed by atoms with Crippen LogP contribution in [-0.4, -0.2) is 54.8 Å². The van der Waals surface area contributed by atoms with Gasteiger partial charge in [0.1, 0.15) is 24.8 Å². The fourth-order valence-corrected chi connectivity index (χ4v) is 1.29. The van der Waals surface area contributed by atoms with E-state index in [1.165, 1.54) is 0 Å². The number of carboxylic acids is 1. The van der Waals surface area contributed by atoms with Crippen LogP contribution in [0.1, 0.15) is 6.92 Å². The van der Waals surface area contributed by atoms with Gasteiger partial charge in [0, 0.05) is 0 Å². The van der Waals surface area contributed by atoms with Gasteiger partial charge in [-0.1, -0.05) is 0 Å². The predicted molar refractivity (Wildman–Crippen MR) is 56.6 cm³/mol. The van der Waals surface area contributed by atoms with Crippen LogP contribution < -0.4 is 11.5 Å². The Kier molecular flexibility index (Phi) is 6.14. The minimum atomic E-state index is -4.75. The Balaban J connectivity index is 4.30. The molecule has 0 saturated heterocycles. The summed E-state index contributed by atoms with van der Waals surface area (Å²) in [7, 11) is -4.75. The molecule has 0 aliphatic carbocycles. The van der Waals surface area contributed by atoms with Crippen LogP contribution in [-0.2, 0) is 28.9 Å². The molecule has 0 radical (unpaired) electrons. The molecule has 0 rings (SSSR count). The second-order valence-electron chi connectivity index (χ2n) is 3.33. The van der Waals surface area contributed by atoms with Crippen LogP contribution in [0.3, 0.4) is 0 Å². The number of carbonyl (C=O) groups is 2. The number of aliphatic carboxylic acids is 1. The van der Waals surface area contributed by atoms with Crippen molar-refractivity contribution in [2.45, 2.75) is 25.1 Å². The summed E-state index contributed by atoms with van der Waals surface area (Å²) in [6.45, 7) is 0.483. The molecule has 18 heavy (non-hydrogen) atoms. The molecule has 0 aliphatic heterocycles. The number of nitrogens with two attached hydrogens (primary N) is 2. The second kappa shape index (κ2) is 6.61. The number of hydrogen-bond donors (Lipinski definition) is 4. The molecule has 3 atom stereocenters. The molecule has 10 nitrogen and oxygen atoms in total. The van der Waals surface area contributed by atoms with Crippen molar-refractivity contribution in [1.82, 2.24) is 0 Å². The van der Waals surface area contributed by atoms with Gasteiger partial charge in [0.15, 0.2) is 0 Å². The van der Waals surface area contributed by atoms with E-state index >= 15 is 0 Å². The number of esters is 1. The fourth-order valence-electron chi connectivity index (χ4n) is 0.783. The summed E-state index contributed by atoms with van der Waals surface area (Å²) < 4.78 is 37.5. The zero-order chi connectivity index (χ0) is 14.5. The minimum absolute atomic E-state index is 0.625. The van der Waals surface area contributed by atoms with Gasteiger partial charge in [-0.05, 0) is 6.92 Å². The highest BCUT2D eigenvalue weighted by molar-refractivity contribution is 7.80. The van der Waals surface area contributed by atoms with E-state index in [-0.39, 0.29) is 0 Å². The molecule has 0 aromatic carbocycles. The molecular weight excluding hydrogens is 272 g/mol. The molecule has 11 heteroatoms. The van der Waals surface area contributed by atoms with Crippen LogP contribution in [0.5, 0.6) is 0 Å². The number of ether oxygens (including phenoxy) is 1. The van der Waals surface area contributed by atoms with Crippen LogP contribution in [0.2, 0.25) is 0 Å². The minimum Gasteiger partial charge on any atom is -0.480 e. The molecule has 0 bridgehead atoms. The van der Waals surface area contributed by atoms with E-state index < -0.39 is 47.1 Å². The Labute approximate surface area is 103 Å². The molecule has 0 aromatic heterocycles. The molecule has 106 valence electrons. The van der Waals surface area contributed by atoms with Crippen LogP contribution in [0.4, 0.5) is 0 Å². The molecule has 6 N–H and O–H groups in total. The summed E-state index contributed by atoms with van der Waals surface area (Å²) in [6, 6.07) is -2.94. The van der Waals surface area contributed by atoms with E-state index in [2.05, 4.69) is 8.92 Å². The lowest BCUT2D eigenvalue weighted by Crippen LogP contribution is -2.45. The molecule has 0 saturated carbocycles. The van der Waals surface area contributed by atoms with Gasteiger partial charge in [-0.2, -0.15) is 8.42 Å². The first-order valence-corrected chi connectivity index (χ1v) is 5.97. The standard InChI is InChI=1S/C7H14N2O8S/c1-3(17-18(13,14)15)5(9)7(12)16-2-4(8)6(10)11/h3-5H,2,8-9H2,1H3,(H,10,11)(H,13,14,15)/t3-,4+,5+/m1/s1. The second-order valence-corrected chi connectivity index (χ2v) is 4.38. The Morgan fingerprint density at radius 3 is 2.22 bits per heavy atom. The van der Waals surface area contributed by atoms with Crippen LogP contribution >= 0.6 is 0 Å². The van der Waals surface area contributed by atoms with Gasteiger partial charge in [0.2, 0.25) is 0 Å². The fraction of sp³-hybridized carbons (Fsp3) is 0.714. The summed E-state index contributed by atoms with van der Waals surface area (Å²) in [5.74, 6) is -2.48. The maximum atomic E-state index is 11.2. The van der Waals surface area contributed by atoms with Gasteiger partial charge in [0.25, 0.3) is 0 Å². The average molecular weight is 286 g/mol. The topological polar surface area (TPSA) is 179 Å². The first-order chi connectivity index (χ1) is 8.04. The Hall–Kier alpha value is -1.27. The highest BCUT2D eigenvalue weighted by atomic mass is 32.3. The lowest BCUT2D eigenvalue weighted by molar-refractivity contribution is -0.150. The molecule has 0 fully saturated rings. The first-order valence-electron chi connectivity index (χ1n) is 4.61. The third kappa shape index (κ3) is 6.46. The van der Waals surface area contributed by atoms with E-state index in [4.69, 9.17) is 21.1 Å². The molecule has 0 aromatic rings. The van der Waals surface area contributed by atoms with E-state index in [1.807, 2.05) is 0 Å². The van der Waals surface area contributed by atoms with Crippen molar-refractivity contribution in [2.75, 3.05) is 6.61 Å². The Bertz CT molecular complexity index is 408. The zero-order valence-corrected chi connectivity index (χ0v) is 10.2. The summed E-state index contributed by atoms with van der Waals surface area (Å²) in [5.41, 5.74) is 10.3. The summed E-state index contributed by atoms with van der Waals surface area (Å²) in [6.07, 6.45) is -1.38. The van der Waals surface area contributed by atoms with Crippen molar-refractivity contribution in [1.29, 1.82) is 0 Å². The number of carbonyl (C=O) groups excluding carboxylic acids is 1. The summed E-state index contributed by atoms with van der Waals surface area (Å²) in [5, 5.41) is 8.41. The number of carboxylic acid groups (broad SMARTS) is 1. The lowest BCUT2D eigenvalue weighted by atomic mass is 10.2. The summed E-state index contributed by atoms with van der Waals surface area (Å²) >= 11 is 0. The van der Waals surface area contributed by atoms with E-state index in [0.717, 1.165) is 6.92 Å². The summed E-state index contributed by atoms with van der Waals surface area (Å²) in [4.78, 5) is 21.6. The average Bonchev–Trinajstić information content (AvgIpc) is 2.21. The normalized spacial score (nSPS) is 16.7. The SMILES string of the molecule is C[C@@H](OS(=O)(=O)O)[C@H](N)C(=O)OC[C@H](N)C(=O)O. The van der Waals surface area contributed by atoms with Crippen molar-refractivity contribution >= 4 is 22.3 Å². The smallest absolute Gasteiger partial charge is 0.397 e. The number of hydrogen-bond acceptors (Lipinski definition) is 8. The van der Waals surface area contributed by atoms with Crippen molar-refractivity contribution in [3.8, 4) is 0 Å². The molecule has 0 heterocycles. The Morgan fingerprint density at radius 2 is 1.83 bits per heavy atom. The largest absolute Gasteiger partial charge is 0.480 e. The maximum Gasteiger partial charge on any atom is 0.397 e. The van der Waals surface area contributed by atoms with Gasteiger partial charge in [-0.25, -0.2) is 4.18 Å². The van der Waals surface area contributed by atoms with Crippen molar-refractivity contribution in [3.63, 3.8) is 0 Å². The van der Waals surface area contributed by atoms with Crippen molar-refractivity contribution < 1.29 is 36.6 Å². The van der Waals surface area contributed by atoms with Crippen molar-refractivity contribution in [2.24, 2.45) is 11.5 Å². The van der Waals surface area contributed by atoms with E-state index in [1.54, 1.807) is 0 Å². The van der Waals surface area contributed by atoms with Gasteiger partial charge in [-0.3, -0.25) is 14.1 Å². The molecule has 0 unspecified atom stereocenters. The quantitative estimate of drug-likeness (QED) is 0.288. The lowest BCUT2D eigenvalue weighted by Gasteiger charge is -2.17. The highest BCUT2D eigenvalue weighted by Gasteiger charge is 2.27. The Morgan fingerprint density at radius 1 is 1.33 bits per heavy atom. The maximum absolute atomic E-state index is 11.2. The number of rotatable bonds is 7. The van der Waals surface area contributed by atoms with E-state index in [9.17, 15) is 18.0 Å². The van der Waals surface area contributed by atoms with Gasteiger partial charge in [0.05, 0.1) is 0 Å². The van der Waals surface area contributed by atoms with Crippen LogP contribution in [0.25, 0.3) is 0 Å². The van der Waals surface area contributed by atoms with Gasteiger partial charge >= 0.3 is 22.3 Å². The van der Waals surface area contributed by atoms with Gasteiger partial charge < -0.3 is 21.3 Å². The first kappa shape index (κ1) is 16.7. The molecular formula is C7H14N2O8S. The van der Waals surface area contributed by atoms with E-state index in [0.29, 0.717) is 0 Å². The molecule has 0 amide bonds.